The van der Waals surface area contributed by atoms with E-state index in [0.717, 1.165) is 11.1 Å². The molecule has 11 heteroatoms. The molecule has 5 rings (SSSR count). The first-order valence-corrected chi connectivity index (χ1v) is 16.4. The zero-order valence-corrected chi connectivity index (χ0v) is 27.7. The van der Waals surface area contributed by atoms with Crippen molar-refractivity contribution in [2.75, 3.05) is 6.61 Å². The Kier molecular flexibility index (Phi) is 9.04. The van der Waals surface area contributed by atoms with Crippen molar-refractivity contribution in [3.8, 4) is 11.5 Å². The average Bonchev–Trinajstić information content (AvgIpc) is 3.19. The van der Waals surface area contributed by atoms with Gasteiger partial charge in [0.15, 0.2) is 11.5 Å². The maximum Gasteiger partial charge on any atom is 0.229 e. The number of ketones is 1. The predicted molar refractivity (Wildman–Crippen MR) is 167 cm³/mol. The molecule has 46 heavy (non-hydrogen) atoms. The highest BCUT2D eigenvalue weighted by Gasteiger charge is 2.73. The van der Waals surface area contributed by atoms with Gasteiger partial charge in [-0.3, -0.25) is 4.79 Å². The summed E-state index contributed by atoms with van der Waals surface area (Å²) in [5.74, 6) is -1.43. The first-order chi connectivity index (χ1) is 21.3. The number of hydrogen-bond donors (Lipinski definition) is 8. The number of carbonyl (C=O) groups excluding carboxylic acids is 1. The van der Waals surface area contributed by atoms with E-state index in [2.05, 4.69) is 13.5 Å². The van der Waals surface area contributed by atoms with E-state index in [4.69, 9.17) is 9.47 Å². The second kappa shape index (κ2) is 11.8. The fourth-order valence-corrected chi connectivity index (χ4v) is 9.90. The van der Waals surface area contributed by atoms with E-state index in [1.807, 2.05) is 20.8 Å². The van der Waals surface area contributed by atoms with Crippen LogP contribution in [0.15, 0.2) is 18.2 Å². The van der Waals surface area contributed by atoms with E-state index in [-0.39, 0.29) is 36.0 Å². The Balaban J connectivity index is 1.54. The third-order valence-electron chi connectivity index (χ3n) is 12.7. The molecule has 1 heterocycles. The fraction of sp³-hybridized carbons (Fsp3) is 0.743. The van der Waals surface area contributed by atoms with Crippen molar-refractivity contribution < 1.29 is 55.1 Å². The molecule has 0 bridgehead atoms. The summed E-state index contributed by atoms with van der Waals surface area (Å²) in [6.07, 6.45) is -7.48. The van der Waals surface area contributed by atoms with Crippen LogP contribution in [-0.2, 0) is 21.4 Å². The standard InChI is InChI=1S/C35H52O11/c1-16(2)8-11-24(38)35(7,44)30-20(37)13-32(4)23-10-9-18-17(3)26(40)21(12-19(18)34(23,6)25(39)14-33(30,32)5)45-31-29(43)28(42)27(41)22(15-36)46-31/h12,20,22-24,27-31,36-38,40-44H,1,8-11,13-15H2,2-7H3/t20-,22-,23+,24?,27-,28+,29-,30+,31-,32+,33-,34+,35+/m1/s1. The molecule has 0 amide bonds. The Labute approximate surface area is 270 Å². The highest BCUT2D eigenvalue weighted by atomic mass is 16.7. The molecule has 3 fully saturated rings. The summed E-state index contributed by atoms with van der Waals surface area (Å²) in [5.41, 5.74) is -1.38. The molecule has 11 nitrogen and oxygen atoms in total. The summed E-state index contributed by atoms with van der Waals surface area (Å²) in [6.45, 7) is 14.3. The van der Waals surface area contributed by atoms with Crippen LogP contribution in [-0.4, -0.2) is 102 Å². The summed E-state index contributed by atoms with van der Waals surface area (Å²) in [6, 6.07) is 1.58. The van der Waals surface area contributed by atoms with Crippen LogP contribution < -0.4 is 4.74 Å². The molecule has 4 aliphatic rings. The minimum Gasteiger partial charge on any atom is -0.504 e. The summed E-state index contributed by atoms with van der Waals surface area (Å²) in [5, 5.41) is 86.6. The number of benzene rings is 1. The first-order valence-electron chi connectivity index (χ1n) is 16.4. The van der Waals surface area contributed by atoms with Crippen LogP contribution in [0.5, 0.6) is 11.5 Å². The van der Waals surface area contributed by atoms with Gasteiger partial charge in [0.05, 0.1) is 29.8 Å². The quantitative estimate of drug-likeness (QED) is 0.190. The van der Waals surface area contributed by atoms with Crippen molar-refractivity contribution >= 4 is 5.78 Å². The second-order valence-electron chi connectivity index (χ2n) is 15.4. The number of aromatic hydroxyl groups is 1. The van der Waals surface area contributed by atoms with Gasteiger partial charge in [0, 0.05) is 12.3 Å². The van der Waals surface area contributed by atoms with Crippen molar-refractivity contribution in [1.82, 2.24) is 0 Å². The van der Waals surface area contributed by atoms with Gasteiger partial charge in [-0.1, -0.05) is 19.4 Å². The number of allylic oxidation sites excluding steroid dienone is 1. The maximum absolute atomic E-state index is 14.6. The summed E-state index contributed by atoms with van der Waals surface area (Å²) >= 11 is 0. The molecule has 0 spiro atoms. The average molecular weight is 649 g/mol. The molecule has 1 saturated heterocycles. The van der Waals surface area contributed by atoms with Gasteiger partial charge >= 0.3 is 0 Å². The lowest BCUT2D eigenvalue weighted by Gasteiger charge is -2.62. The lowest BCUT2D eigenvalue weighted by molar-refractivity contribution is -0.277. The predicted octanol–water partition coefficient (Wildman–Crippen LogP) is 1.53. The zero-order chi connectivity index (χ0) is 34.3. The molecule has 1 unspecified atom stereocenters. The minimum atomic E-state index is -1.69. The van der Waals surface area contributed by atoms with Crippen LogP contribution in [0.3, 0.4) is 0 Å². The zero-order valence-electron chi connectivity index (χ0n) is 27.7. The van der Waals surface area contributed by atoms with Crippen molar-refractivity contribution in [3.05, 3.63) is 34.9 Å². The van der Waals surface area contributed by atoms with Crippen molar-refractivity contribution in [1.29, 1.82) is 0 Å². The van der Waals surface area contributed by atoms with Crippen molar-refractivity contribution in [2.45, 2.75) is 134 Å². The van der Waals surface area contributed by atoms with Crippen LogP contribution in [0.1, 0.15) is 83.4 Å². The molecule has 13 atom stereocenters. The molecule has 258 valence electrons. The highest BCUT2D eigenvalue weighted by Crippen LogP contribution is 2.72. The fourth-order valence-electron chi connectivity index (χ4n) is 9.90. The number of phenols is 1. The smallest absolute Gasteiger partial charge is 0.229 e. The lowest BCUT2D eigenvalue weighted by Crippen LogP contribution is -2.64. The summed E-state index contributed by atoms with van der Waals surface area (Å²) < 4.78 is 11.4. The Morgan fingerprint density at radius 3 is 2.41 bits per heavy atom. The number of hydrogen-bond acceptors (Lipinski definition) is 11. The van der Waals surface area contributed by atoms with Crippen LogP contribution in [0.2, 0.25) is 0 Å². The molecule has 0 radical (unpaired) electrons. The summed E-state index contributed by atoms with van der Waals surface area (Å²) in [4.78, 5) is 14.6. The number of aliphatic hydroxyl groups excluding tert-OH is 6. The lowest BCUT2D eigenvalue weighted by atomic mass is 9.41. The molecule has 1 aromatic carbocycles. The van der Waals surface area contributed by atoms with E-state index in [1.165, 1.54) is 0 Å². The number of rotatable bonds is 8. The van der Waals surface area contributed by atoms with Crippen LogP contribution in [0.25, 0.3) is 0 Å². The molecule has 2 saturated carbocycles. The molecule has 8 N–H and O–H groups in total. The monoisotopic (exact) mass is 648 g/mol. The van der Waals surface area contributed by atoms with Crippen molar-refractivity contribution in [2.24, 2.45) is 22.7 Å². The van der Waals surface area contributed by atoms with Crippen LogP contribution in [0.4, 0.5) is 0 Å². The maximum atomic E-state index is 14.6. The Hall–Kier alpha value is -2.09. The Morgan fingerprint density at radius 2 is 1.80 bits per heavy atom. The number of aliphatic hydroxyl groups is 7. The molecular formula is C35H52O11. The SMILES string of the molecule is C=C(C)CCC(O)[C@](C)(O)[C@H]1[C@H](O)C[C@@]2(C)[C@@H]3CCc4c(cc(O[C@@H]5O[C@H](CO)[C@@H](O)[C@H](O)[C@H]5O)c(O)c4C)[C@]3(C)C(=O)C[C@]12C. The van der Waals surface area contributed by atoms with E-state index < -0.39 is 77.3 Å². The van der Waals surface area contributed by atoms with Gasteiger partial charge in [0.1, 0.15) is 30.2 Å². The van der Waals surface area contributed by atoms with Gasteiger partial charge in [-0.15, -0.1) is 6.58 Å². The van der Waals surface area contributed by atoms with Crippen molar-refractivity contribution in [3.63, 3.8) is 0 Å². The van der Waals surface area contributed by atoms with E-state index in [0.29, 0.717) is 36.8 Å². The highest BCUT2D eigenvalue weighted by molar-refractivity contribution is 5.93. The van der Waals surface area contributed by atoms with Gasteiger partial charge in [-0.25, -0.2) is 0 Å². The second-order valence-corrected chi connectivity index (χ2v) is 15.4. The summed E-state index contributed by atoms with van der Waals surface area (Å²) in [7, 11) is 0. The van der Waals surface area contributed by atoms with E-state index in [9.17, 15) is 45.6 Å². The molecule has 1 aliphatic heterocycles. The normalized spacial score (nSPS) is 42.4. The molecule has 1 aromatic rings. The Morgan fingerprint density at radius 1 is 1.15 bits per heavy atom. The number of Topliss-reactive ketones (excluding diaryl/α,β-unsaturated/α-hetero) is 1. The van der Waals surface area contributed by atoms with E-state index >= 15 is 0 Å². The van der Waals surface area contributed by atoms with Crippen LogP contribution >= 0.6 is 0 Å². The van der Waals surface area contributed by atoms with E-state index in [1.54, 1.807) is 19.9 Å². The number of carbonyl (C=O) groups is 1. The van der Waals surface area contributed by atoms with Gasteiger partial charge < -0.3 is 50.3 Å². The first kappa shape index (κ1) is 35.2. The molecule has 3 aliphatic carbocycles. The van der Waals surface area contributed by atoms with Gasteiger partial charge in [-0.2, -0.15) is 0 Å². The Bertz CT molecular complexity index is 1370. The number of ether oxygens (including phenoxy) is 2. The molecular weight excluding hydrogens is 596 g/mol. The minimum absolute atomic E-state index is 0.0455. The number of fused-ring (bicyclic) bond motifs is 5. The topological polar surface area (TPSA) is 197 Å². The number of phenolic OH excluding ortho intramolecular Hbond substituents is 1. The largest absolute Gasteiger partial charge is 0.504 e. The third kappa shape index (κ3) is 4.96. The van der Waals surface area contributed by atoms with Gasteiger partial charge in [-0.05, 0) is 99.3 Å². The van der Waals surface area contributed by atoms with Gasteiger partial charge in [0.25, 0.3) is 0 Å². The van der Waals surface area contributed by atoms with Gasteiger partial charge in [0.2, 0.25) is 6.29 Å². The third-order valence-corrected chi connectivity index (χ3v) is 12.7. The van der Waals surface area contributed by atoms with Crippen LogP contribution in [0, 0.1) is 29.6 Å². The molecule has 0 aromatic heterocycles.